The number of nitrogens with zero attached hydrogens (tertiary/aromatic N) is 1. The van der Waals surface area contributed by atoms with Crippen molar-refractivity contribution in [2.45, 2.75) is 44.4 Å². The van der Waals surface area contributed by atoms with Gasteiger partial charge in [0.05, 0.1) is 0 Å². The molecule has 0 unspecified atom stereocenters. The highest BCUT2D eigenvalue weighted by Crippen LogP contribution is 2.28. The zero-order chi connectivity index (χ0) is 21.9. The maximum absolute atomic E-state index is 14.0. The lowest BCUT2D eigenvalue weighted by atomic mass is 9.96. The topological polar surface area (TPSA) is 66.5 Å². The lowest BCUT2D eigenvalue weighted by Gasteiger charge is -2.31. The van der Waals surface area contributed by atoms with Crippen LogP contribution in [0.25, 0.3) is 0 Å². The Morgan fingerprint density at radius 2 is 1.67 bits per heavy atom. The van der Waals surface area contributed by atoms with Gasteiger partial charge in [-0.15, -0.1) is 0 Å². The van der Waals surface area contributed by atoms with Gasteiger partial charge < -0.3 is 5.32 Å². The van der Waals surface area contributed by atoms with Gasteiger partial charge in [-0.2, -0.15) is 4.31 Å². The molecule has 1 aliphatic rings. The van der Waals surface area contributed by atoms with Gasteiger partial charge in [-0.25, -0.2) is 17.2 Å². The molecule has 0 spiro atoms. The highest BCUT2D eigenvalue weighted by Gasteiger charge is 2.34. The van der Waals surface area contributed by atoms with Gasteiger partial charge in [0.15, 0.2) is 0 Å². The van der Waals surface area contributed by atoms with Gasteiger partial charge in [0.1, 0.15) is 16.5 Å². The van der Waals surface area contributed by atoms with E-state index in [1.807, 2.05) is 32.0 Å². The zero-order valence-corrected chi connectivity index (χ0v) is 17.9. The smallest absolute Gasteiger partial charge is 0.246 e. The maximum atomic E-state index is 14.0. The van der Waals surface area contributed by atoms with Crippen molar-refractivity contribution in [2.24, 2.45) is 5.92 Å². The van der Waals surface area contributed by atoms with E-state index in [4.69, 9.17) is 0 Å². The van der Waals surface area contributed by atoms with Crippen LogP contribution >= 0.6 is 0 Å². The van der Waals surface area contributed by atoms with Crippen molar-refractivity contribution in [3.05, 3.63) is 59.2 Å². The summed E-state index contributed by atoms with van der Waals surface area (Å²) < 4.78 is 54.0. The molecule has 1 amide bonds. The SMILES string of the molecule is CCc1cccc(CC)c1NC(=O)C1CCN(S(=O)(=O)c2cc(F)ccc2F)CC1. The summed E-state index contributed by atoms with van der Waals surface area (Å²) in [5.41, 5.74) is 2.96. The van der Waals surface area contributed by atoms with E-state index in [0.717, 1.165) is 46.1 Å². The highest BCUT2D eigenvalue weighted by molar-refractivity contribution is 7.89. The number of sulfonamides is 1. The molecule has 2 aromatic rings. The van der Waals surface area contributed by atoms with E-state index in [0.29, 0.717) is 18.9 Å². The second kappa shape index (κ2) is 9.22. The Morgan fingerprint density at radius 1 is 1.07 bits per heavy atom. The van der Waals surface area contributed by atoms with Crippen LogP contribution < -0.4 is 5.32 Å². The van der Waals surface area contributed by atoms with Crippen molar-refractivity contribution < 1.29 is 22.0 Å². The van der Waals surface area contributed by atoms with Gasteiger partial charge >= 0.3 is 0 Å². The minimum absolute atomic E-state index is 0.0758. The molecule has 162 valence electrons. The molecular formula is C22H26F2N2O3S. The number of para-hydroxylation sites is 1. The molecule has 0 atom stereocenters. The predicted octanol–water partition coefficient (Wildman–Crippen LogP) is 4.13. The molecule has 0 aromatic heterocycles. The Labute approximate surface area is 176 Å². The average Bonchev–Trinajstić information content (AvgIpc) is 2.75. The number of anilines is 1. The largest absolute Gasteiger partial charge is 0.325 e. The summed E-state index contributed by atoms with van der Waals surface area (Å²) in [6.45, 7) is 4.21. The van der Waals surface area contributed by atoms with Crippen LogP contribution in [0, 0.1) is 17.6 Å². The van der Waals surface area contributed by atoms with Gasteiger partial charge in [0.2, 0.25) is 15.9 Å². The van der Waals surface area contributed by atoms with E-state index < -0.39 is 26.6 Å². The van der Waals surface area contributed by atoms with Gasteiger partial charge in [0, 0.05) is 24.7 Å². The molecule has 0 radical (unpaired) electrons. The number of carbonyl (C=O) groups excluding carboxylic acids is 1. The summed E-state index contributed by atoms with van der Waals surface area (Å²) in [5, 5.41) is 3.04. The molecule has 1 fully saturated rings. The number of piperidine rings is 1. The van der Waals surface area contributed by atoms with Crippen LogP contribution in [-0.4, -0.2) is 31.7 Å². The first-order valence-electron chi connectivity index (χ1n) is 10.1. The molecule has 30 heavy (non-hydrogen) atoms. The van der Waals surface area contributed by atoms with Crippen molar-refractivity contribution in [3.63, 3.8) is 0 Å². The lowest BCUT2D eigenvalue weighted by Crippen LogP contribution is -2.41. The molecule has 0 bridgehead atoms. The number of hydrogen-bond donors (Lipinski definition) is 1. The summed E-state index contributed by atoms with van der Waals surface area (Å²) in [5.74, 6) is -2.28. The summed E-state index contributed by atoms with van der Waals surface area (Å²) >= 11 is 0. The number of halogens is 2. The zero-order valence-electron chi connectivity index (χ0n) is 17.1. The molecule has 3 rings (SSSR count). The molecule has 1 N–H and O–H groups in total. The normalized spacial score (nSPS) is 15.9. The Morgan fingerprint density at radius 3 is 2.23 bits per heavy atom. The van der Waals surface area contributed by atoms with Gasteiger partial charge in [-0.05, 0) is 55.0 Å². The lowest BCUT2D eigenvalue weighted by molar-refractivity contribution is -0.120. The minimum atomic E-state index is -4.16. The molecular weight excluding hydrogens is 410 g/mol. The monoisotopic (exact) mass is 436 g/mol. The van der Waals surface area contributed by atoms with Crippen LogP contribution in [0.1, 0.15) is 37.8 Å². The number of carbonyl (C=O) groups is 1. The van der Waals surface area contributed by atoms with E-state index in [1.165, 1.54) is 0 Å². The third-order valence-electron chi connectivity index (χ3n) is 5.58. The third kappa shape index (κ3) is 4.54. The number of aryl methyl sites for hydroxylation is 2. The van der Waals surface area contributed by atoms with Crippen LogP contribution in [-0.2, 0) is 27.7 Å². The van der Waals surface area contributed by atoms with Crippen LogP contribution in [0.4, 0.5) is 14.5 Å². The molecule has 0 saturated carbocycles. The average molecular weight is 437 g/mol. The predicted molar refractivity (Wildman–Crippen MR) is 112 cm³/mol. The Bertz CT molecular complexity index is 1010. The van der Waals surface area contributed by atoms with Crippen LogP contribution in [0.5, 0.6) is 0 Å². The first-order valence-corrected chi connectivity index (χ1v) is 11.6. The summed E-state index contributed by atoms with van der Waals surface area (Å²) in [7, 11) is -4.16. The fourth-order valence-corrected chi connectivity index (χ4v) is 5.35. The number of rotatable bonds is 6. The second-order valence-electron chi connectivity index (χ2n) is 7.40. The quantitative estimate of drug-likeness (QED) is 0.741. The van der Waals surface area contributed by atoms with Gasteiger partial charge in [-0.1, -0.05) is 32.0 Å². The number of benzene rings is 2. The van der Waals surface area contributed by atoms with Crippen molar-refractivity contribution >= 4 is 21.6 Å². The summed E-state index contributed by atoms with van der Waals surface area (Å²) in [6, 6.07) is 8.32. The van der Waals surface area contributed by atoms with Gasteiger partial charge in [0.25, 0.3) is 0 Å². The van der Waals surface area contributed by atoms with Crippen molar-refractivity contribution in [3.8, 4) is 0 Å². The Hall–Kier alpha value is -2.32. The van der Waals surface area contributed by atoms with E-state index in [9.17, 15) is 22.0 Å². The third-order valence-corrected chi connectivity index (χ3v) is 7.50. The van der Waals surface area contributed by atoms with Crippen LogP contribution in [0.2, 0.25) is 0 Å². The van der Waals surface area contributed by atoms with Crippen molar-refractivity contribution in [1.82, 2.24) is 4.31 Å². The summed E-state index contributed by atoms with van der Waals surface area (Å²) in [6.07, 6.45) is 2.22. The van der Waals surface area contributed by atoms with E-state index in [1.54, 1.807) is 0 Å². The standard InChI is InChI=1S/C22H26F2N2O3S/c1-3-15-6-5-7-16(4-2)21(15)25-22(27)17-10-12-26(13-11-17)30(28,29)20-14-18(23)8-9-19(20)24/h5-9,14,17H,3-4,10-13H2,1-2H3,(H,25,27). The van der Waals surface area contributed by atoms with Crippen molar-refractivity contribution in [2.75, 3.05) is 18.4 Å². The van der Waals surface area contributed by atoms with E-state index >= 15 is 0 Å². The molecule has 1 heterocycles. The van der Waals surface area contributed by atoms with Gasteiger partial charge in [-0.3, -0.25) is 4.79 Å². The van der Waals surface area contributed by atoms with E-state index in [-0.39, 0.29) is 24.9 Å². The highest BCUT2D eigenvalue weighted by atomic mass is 32.2. The number of nitrogens with one attached hydrogen (secondary N) is 1. The molecule has 5 nitrogen and oxygen atoms in total. The molecule has 2 aromatic carbocycles. The maximum Gasteiger partial charge on any atom is 0.246 e. The number of amides is 1. The summed E-state index contributed by atoms with van der Waals surface area (Å²) in [4.78, 5) is 12.2. The Balaban J connectivity index is 1.70. The fraction of sp³-hybridized carbons (Fsp3) is 0.409. The first kappa shape index (κ1) is 22.4. The second-order valence-corrected chi connectivity index (χ2v) is 9.31. The van der Waals surface area contributed by atoms with Crippen molar-refractivity contribution in [1.29, 1.82) is 0 Å². The Kier molecular flexibility index (Phi) is 6.88. The molecule has 8 heteroatoms. The molecule has 1 aliphatic heterocycles. The van der Waals surface area contributed by atoms with Crippen LogP contribution in [0.15, 0.2) is 41.3 Å². The number of hydrogen-bond acceptors (Lipinski definition) is 3. The first-order chi connectivity index (χ1) is 14.3. The van der Waals surface area contributed by atoms with Crippen LogP contribution in [0.3, 0.4) is 0 Å². The molecule has 0 aliphatic carbocycles. The minimum Gasteiger partial charge on any atom is -0.325 e. The fourth-order valence-electron chi connectivity index (χ4n) is 3.80. The molecule has 1 saturated heterocycles. The van der Waals surface area contributed by atoms with E-state index in [2.05, 4.69) is 5.32 Å².